The molecule has 0 aliphatic carbocycles. The topological polar surface area (TPSA) is 0 Å². The Morgan fingerprint density at radius 1 is 0.559 bits per heavy atom. The molecule has 0 spiro atoms. The Hall–Kier alpha value is -3.36. The fraction of sp³-hybridized carbons (Fsp3) is 0.312. The third-order valence-corrected chi connectivity index (χ3v) is 5.79. The molecule has 34 heavy (non-hydrogen) atoms. The molecule has 174 valence electrons. The lowest BCUT2D eigenvalue weighted by Gasteiger charge is -2.03. The average molecular weight is 455 g/mol. The van der Waals surface area contributed by atoms with Gasteiger partial charge in [0.05, 0.1) is 5.56 Å². The second-order valence-corrected chi connectivity index (χ2v) is 8.61. The molecule has 0 heterocycles. The molecule has 2 heteroatoms. The van der Waals surface area contributed by atoms with Crippen LogP contribution in [0.5, 0.6) is 0 Å². The van der Waals surface area contributed by atoms with E-state index in [9.17, 15) is 8.78 Å². The van der Waals surface area contributed by atoms with Gasteiger partial charge in [-0.15, -0.1) is 0 Å². The maximum Gasteiger partial charge on any atom is 0.140 e. The quantitative estimate of drug-likeness (QED) is 0.237. The van der Waals surface area contributed by atoms with Crippen LogP contribution in [0.25, 0.3) is 0 Å². The lowest BCUT2D eigenvalue weighted by Crippen LogP contribution is -1.92. The lowest BCUT2D eigenvalue weighted by atomic mass is 10.0. The van der Waals surface area contributed by atoms with Gasteiger partial charge in [0.1, 0.15) is 11.6 Å². The highest BCUT2D eigenvalue weighted by atomic mass is 19.1. The molecule has 3 aromatic carbocycles. The molecule has 0 unspecified atom stereocenters. The van der Waals surface area contributed by atoms with E-state index in [0.29, 0.717) is 16.7 Å². The molecule has 0 saturated heterocycles. The maximum absolute atomic E-state index is 14.6. The van der Waals surface area contributed by atoms with Gasteiger partial charge in [0.15, 0.2) is 0 Å². The van der Waals surface area contributed by atoms with Crippen LogP contribution >= 0.6 is 0 Å². The van der Waals surface area contributed by atoms with Gasteiger partial charge < -0.3 is 0 Å². The third-order valence-electron chi connectivity index (χ3n) is 5.79. The van der Waals surface area contributed by atoms with Crippen LogP contribution in [0.4, 0.5) is 8.78 Å². The first-order valence-electron chi connectivity index (χ1n) is 12.3. The Morgan fingerprint density at radius 2 is 1.12 bits per heavy atom. The summed E-state index contributed by atoms with van der Waals surface area (Å²) < 4.78 is 28.8. The van der Waals surface area contributed by atoms with Crippen LogP contribution in [-0.2, 0) is 12.8 Å². The smallest absolute Gasteiger partial charge is 0.140 e. The minimum Gasteiger partial charge on any atom is -0.207 e. The Labute approximate surface area is 203 Å². The molecular formula is C32H32F2. The molecule has 0 bridgehead atoms. The summed E-state index contributed by atoms with van der Waals surface area (Å²) >= 11 is 0. The van der Waals surface area contributed by atoms with Gasteiger partial charge in [-0.3, -0.25) is 0 Å². The van der Waals surface area contributed by atoms with Crippen molar-refractivity contribution in [1.29, 1.82) is 0 Å². The van der Waals surface area contributed by atoms with Crippen molar-refractivity contribution in [2.45, 2.75) is 65.2 Å². The van der Waals surface area contributed by atoms with Gasteiger partial charge in [-0.05, 0) is 79.3 Å². The van der Waals surface area contributed by atoms with Crippen molar-refractivity contribution in [1.82, 2.24) is 0 Å². The van der Waals surface area contributed by atoms with E-state index in [1.165, 1.54) is 37.0 Å². The van der Waals surface area contributed by atoms with Crippen LogP contribution in [-0.4, -0.2) is 0 Å². The highest BCUT2D eigenvalue weighted by molar-refractivity contribution is 5.49. The number of hydrogen-bond donors (Lipinski definition) is 0. The van der Waals surface area contributed by atoms with Gasteiger partial charge in [0.2, 0.25) is 0 Å². The summed E-state index contributed by atoms with van der Waals surface area (Å²) in [7, 11) is 0. The van der Waals surface area contributed by atoms with Crippen molar-refractivity contribution in [3.8, 4) is 23.7 Å². The average Bonchev–Trinajstić information content (AvgIpc) is 2.84. The van der Waals surface area contributed by atoms with Gasteiger partial charge in [-0.25, -0.2) is 8.78 Å². The van der Waals surface area contributed by atoms with E-state index in [4.69, 9.17) is 0 Å². The van der Waals surface area contributed by atoms with E-state index >= 15 is 0 Å². The van der Waals surface area contributed by atoms with Crippen molar-refractivity contribution in [3.63, 3.8) is 0 Å². The van der Waals surface area contributed by atoms with Crippen LogP contribution < -0.4 is 0 Å². The normalized spacial score (nSPS) is 10.2. The van der Waals surface area contributed by atoms with Crippen LogP contribution in [0.2, 0.25) is 0 Å². The maximum atomic E-state index is 14.6. The summed E-state index contributed by atoms with van der Waals surface area (Å²) in [6, 6.07) is 18.0. The summed E-state index contributed by atoms with van der Waals surface area (Å²) in [5.41, 5.74) is 4.34. The summed E-state index contributed by atoms with van der Waals surface area (Å²) in [4.78, 5) is 0. The number of hydrogen-bond acceptors (Lipinski definition) is 0. The van der Waals surface area contributed by atoms with Crippen molar-refractivity contribution in [3.05, 3.63) is 106 Å². The fourth-order valence-electron chi connectivity index (χ4n) is 3.71. The van der Waals surface area contributed by atoms with Gasteiger partial charge in [0.25, 0.3) is 0 Å². The number of rotatable bonds is 8. The van der Waals surface area contributed by atoms with Gasteiger partial charge in [-0.1, -0.05) is 81.4 Å². The molecule has 3 aromatic rings. The minimum absolute atomic E-state index is 0.228. The monoisotopic (exact) mass is 454 g/mol. The van der Waals surface area contributed by atoms with Crippen molar-refractivity contribution < 1.29 is 8.78 Å². The van der Waals surface area contributed by atoms with E-state index in [1.807, 2.05) is 18.2 Å². The summed E-state index contributed by atoms with van der Waals surface area (Å²) in [6.45, 7) is 4.33. The molecule has 3 rings (SSSR count). The molecule has 0 nitrogen and oxygen atoms in total. The Balaban J connectivity index is 1.64. The van der Waals surface area contributed by atoms with Crippen LogP contribution in [0, 0.1) is 35.3 Å². The van der Waals surface area contributed by atoms with E-state index in [-0.39, 0.29) is 5.82 Å². The zero-order chi connectivity index (χ0) is 24.2. The van der Waals surface area contributed by atoms with Crippen LogP contribution in [0.3, 0.4) is 0 Å². The van der Waals surface area contributed by atoms with Crippen molar-refractivity contribution in [2.75, 3.05) is 0 Å². The number of aryl methyl sites for hydroxylation is 2. The highest BCUT2D eigenvalue weighted by Gasteiger charge is 2.03. The Kier molecular flexibility index (Phi) is 9.94. The second-order valence-electron chi connectivity index (χ2n) is 8.61. The molecule has 0 N–H and O–H groups in total. The minimum atomic E-state index is -0.409. The molecule has 0 aliphatic rings. The Bertz CT molecular complexity index is 1200. The standard InChI is InChI=1S/C32H32F2/c1-3-5-7-9-25-11-13-26(14-12-25)17-20-30-22-19-28(24-32(30)34)16-15-27-18-21-29(31(33)23-27)10-8-6-4-2/h11-14,18-19,21-24H,3-10H2,1-2H3. The zero-order valence-corrected chi connectivity index (χ0v) is 20.2. The molecule has 0 saturated carbocycles. The first-order valence-corrected chi connectivity index (χ1v) is 12.3. The summed E-state index contributed by atoms with van der Waals surface area (Å²) in [6.07, 6.45) is 8.65. The van der Waals surface area contributed by atoms with E-state index < -0.39 is 5.82 Å². The fourth-order valence-corrected chi connectivity index (χ4v) is 3.71. The number of unbranched alkanes of at least 4 members (excludes halogenated alkanes) is 4. The van der Waals surface area contributed by atoms with E-state index in [2.05, 4.69) is 49.7 Å². The molecule has 0 aromatic heterocycles. The molecule has 0 radical (unpaired) electrons. The second kappa shape index (κ2) is 13.4. The molecule has 0 fully saturated rings. The molecule has 0 atom stereocenters. The SMILES string of the molecule is CCCCCc1ccc(C#Cc2ccc(C#Cc3ccc(CCCCC)c(F)c3)cc2F)cc1. The van der Waals surface area contributed by atoms with Crippen LogP contribution in [0.1, 0.15) is 85.8 Å². The summed E-state index contributed by atoms with van der Waals surface area (Å²) in [5.74, 6) is 11.2. The van der Waals surface area contributed by atoms with E-state index in [1.54, 1.807) is 18.2 Å². The van der Waals surface area contributed by atoms with Gasteiger partial charge >= 0.3 is 0 Å². The molecule has 0 aliphatic heterocycles. The van der Waals surface area contributed by atoms with Crippen molar-refractivity contribution >= 4 is 0 Å². The van der Waals surface area contributed by atoms with E-state index in [0.717, 1.165) is 43.2 Å². The number of halogens is 2. The Morgan fingerprint density at radius 3 is 1.74 bits per heavy atom. The predicted octanol–water partition coefficient (Wildman–Crippen LogP) is 8.23. The molecular weight excluding hydrogens is 422 g/mol. The lowest BCUT2D eigenvalue weighted by molar-refractivity contribution is 0.598. The van der Waals surface area contributed by atoms with Crippen molar-refractivity contribution in [2.24, 2.45) is 0 Å². The van der Waals surface area contributed by atoms with Gasteiger partial charge in [0, 0.05) is 16.7 Å². The third kappa shape index (κ3) is 7.90. The first-order chi connectivity index (χ1) is 16.6. The number of benzene rings is 3. The first kappa shape index (κ1) is 25.3. The predicted molar refractivity (Wildman–Crippen MR) is 138 cm³/mol. The zero-order valence-electron chi connectivity index (χ0n) is 20.2. The highest BCUT2D eigenvalue weighted by Crippen LogP contribution is 2.15. The summed E-state index contributed by atoms with van der Waals surface area (Å²) in [5, 5.41) is 0. The molecule has 0 amide bonds. The van der Waals surface area contributed by atoms with Gasteiger partial charge in [-0.2, -0.15) is 0 Å². The van der Waals surface area contributed by atoms with Crippen LogP contribution in [0.15, 0.2) is 60.7 Å². The largest absolute Gasteiger partial charge is 0.207 e.